The molecule has 1 heterocycles. The topological polar surface area (TPSA) is 32.3 Å². The zero-order chi connectivity index (χ0) is 13.1. The van der Waals surface area contributed by atoms with E-state index in [4.69, 9.17) is 0 Å². The van der Waals surface area contributed by atoms with Crippen molar-refractivity contribution in [2.24, 2.45) is 0 Å². The highest BCUT2D eigenvalue weighted by atomic mass is 16.1. The predicted molar refractivity (Wildman–Crippen MR) is 76.2 cm³/mol. The summed E-state index contributed by atoms with van der Waals surface area (Å²) >= 11 is 0. The van der Waals surface area contributed by atoms with E-state index in [-0.39, 0.29) is 5.91 Å². The first-order chi connectivity index (χ1) is 8.65. The number of amides is 1. The van der Waals surface area contributed by atoms with Crippen molar-refractivity contribution < 1.29 is 4.79 Å². The van der Waals surface area contributed by atoms with Crippen molar-refractivity contribution in [2.45, 2.75) is 46.1 Å². The number of carbonyl (C=O) groups is 1. The molecule has 1 aromatic carbocycles. The molecule has 0 aliphatic carbocycles. The van der Waals surface area contributed by atoms with Gasteiger partial charge in [-0.15, -0.1) is 0 Å². The second-order valence-electron chi connectivity index (χ2n) is 4.94. The van der Waals surface area contributed by atoms with Crippen LogP contribution in [0.25, 0.3) is 0 Å². The first kappa shape index (κ1) is 12.9. The Morgan fingerprint density at radius 1 is 1.39 bits per heavy atom. The number of hydrogen-bond donors (Lipinski definition) is 1. The number of fused-ring (bicyclic) bond motifs is 1. The number of benzene rings is 1. The number of rotatable bonds is 4. The Balaban J connectivity index is 2.22. The van der Waals surface area contributed by atoms with Gasteiger partial charge in [-0.05, 0) is 43.0 Å². The number of nitrogens with one attached hydrogen (secondary N) is 1. The number of anilines is 2. The second kappa shape index (κ2) is 5.42. The Labute approximate surface area is 109 Å². The van der Waals surface area contributed by atoms with Gasteiger partial charge in [0.15, 0.2) is 0 Å². The molecule has 3 heteroatoms. The van der Waals surface area contributed by atoms with Crippen molar-refractivity contribution in [3.05, 3.63) is 23.8 Å². The van der Waals surface area contributed by atoms with Gasteiger partial charge in [0.05, 0.1) is 0 Å². The van der Waals surface area contributed by atoms with Crippen molar-refractivity contribution in [1.82, 2.24) is 0 Å². The summed E-state index contributed by atoms with van der Waals surface area (Å²) < 4.78 is 0. The zero-order valence-electron chi connectivity index (χ0n) is 11.5. The summed E-state index contributed by atoms with van der Waals surface area (Å²) in [4.78, 5) is 13.6. The van der Waals surface area contributed by atoms with Crippen molar-refractivity contribution in [3.8, 4) is 0 Å². The minimum absolute atomic E-state index is 0.00945. The highest BCUT2D eigenvalue weighted by Crippen LogP contribution is 2.33. The van der Waals surface area contributed by atoms with E-state index in [1.807, 2.05) is 6.07 Å². The summed E-state index contributed by atoms with van der Waals surface area (Å²) in [5.74, 6) is -0.00945. The fraction of sp³-hybridized carbons (Fsp3) is 0.533. The van der Waals surface area contributed by atoms with Crippen molar-refractivity contribution in [1.29, 1.82) is 0 Å². The molecule has 0 fully saturated rings. The van der Waals surface area contributed by atoms with E-state index >= 15 is 0 Å². The van der Waals surface area contributed by atoms with E-state index in [9.17, 15) is 4.79 Å². The molecule has 0 radical (unpaired) electrons. The first-order valence-electron chi connectivity index (χ1n) is 6.82. The van der Waals surface area contributed by atoms with Crippen LogP contribution >= 0.6 is 0 Å². The lowest BCUT2D eigenvalue weighted by Gasteiger charge is -2.28. The molecule has 3 nitrogen and oxygen atoms in total. The van der Waals surface area contributed by atoms with Crippen LogP contribution in [0.15, 0.2) is 18.2 Å². The third kappa shape index (κ3) is 2.50. The van der Waals surface area contributed by atoms with Crippen LogP contribution in [0.2, 0.25) is 0 Å². The van der Waals surface area contributed by atoms with Crippen LogP contribution in [0, 0.1) is 0 Å². The molecule has 2 rings (SSSR count). The molecule has 1 aromatic rings. The standard InChI is InChI=1S/C15H22N2O/c1-4-14(5-2)17-9-8-12-10-13(16-11(3)18)6-7-15(12)17/h6-7,10,14H,4-5,8-9H2,1-3H3,(H,16,18). The van der Waals surface area contributed by atoms with E-state index in [2.05, 4.69) is 36.2 Å². The van der Waals surface area contributed by atoms with Gasteiger partial charge in [-0.2, -0.15) is 0 Å². The maximum Gasteiger partial charge on any atom is 0.221 e. The third-order valence-corrected chi connectivity index (χ3v) is 3.71. The number of hydrogen-bond acceptors (Lipinski definition) is 2. The molecule has 0 atom stereocenters. The molecule has 0 aromatic heterocycles. The van der Waals surface area contributed by atoms with Crippen LogP contribution in [-0.4, -0.2) is 18.5 Å². The van der Waals surface area contributed by atoms with E-state index < -0.39 is 0 Å². The highest BCUT2D eigenvalue weighted by Gasteiger charge is 2.24. The van der Waals surface area contributed by atoms with E-state index in [0.717, 1.165) is 18.7 Å². The molecule has 1 aliphatic heterocycles. The largest absolute Gasteiger partial charge is 0.368 e. The Kier molecular flexibility index (Phi) is 3.90. The Morgan fingerprint density at radius 2 is 2.11 bits per heavy atom. The monoisotopic (exact) mass is 246 g/mol. The van der Waals surface area contributed by atoms with Gasteiger partial charge in [0.1, 0.15) is 0 Å². The SMILES string of the molecule is CCC(CC)N1CCc2cc(NC(C)=O)ccc21. The van der Waals surface area contributed by atoms with Gasteiger partial charge < -0.3 is 10.2 Å². The van der Waals surface area contributed by atoms with E-state index in [1.54, 1.807) is 6.92 Å². The van der Waals surface area contributed by atoms with Crippen molar-refractivity contribution in [2.75, 3.05) is 16.8 Å². The van der Waals surface area contributed by atoms with Crippen molar-refractivity contribution in [3.63, 3.8) is 0 Å². The fourth-order valence-corrected chi connectivity index (χ4v) is 2.82. The normalized spacial score (nSPS) is 13.9. The summed E-state index contributed by atoms with van der Waals surface area (Å²) in [6.45, 7) is 7.14. The third-order valence-electron chi connectivity index (χ3n) is 3.71. The Morgan fingerprint density at radius 3 is 2.72 bits per heavy atom. The van der Waals surface area contributed by atoms with Gasteiger partial charge in [-0.1, -0.05) is 13.8 Å². The second-order valence-corrected chi connectivity index (χ2v) is 4.94. The molecule has 0 saturated carbocycles. The van der Waals surface area contributed by atoms with Gasteiger partial charge in [-0.3, -0.25) is 4.79 Å². The van der Waals surface area contributed by atoms with E-state index in [0.29, 0.717) is 6.04 Å². The number of nitrogens with zero attached hydrogens (tertiary/aromatic N) is 1. The lowest BCUT2D eigenvalue weighted by Crippen LogP contribution is -2.32. The summed E-state index contributed by atoms with van der Waals surface area (Å²) in [6, 6.07) is 6.89. The number of carbonyl (C=O) groups excluding carboxylic acids is 1. The molecule has 0 unspecified atom stereocenters. The predicted octanol–water partition coefficient (Wildman–Crippen LogP) is 3.20. The molecular formula is C15H22N2O. The Hall–Kier alpha value is -1.51. The highest BCUT2D eigenvalue weighted by molar-refractivity contribution is 5.89. The van der Waals surface area contributed by atoms with Crippen molar-refractivity contribution >= 4 is 17.3 Å². The Bertz CT molecular complexity index is 438. The lowest BCUT2D eigenvalue weighted by molar-refractivity contribution is -0.114. The summed E-state index contributed by atoms with van der Waals surface area (Å²) in [7, 11) is 0. The fourth-order valence-electron chi connectivity index (χ4n) is 2.82. The molecule has 0 bridgehead atoms. The van der Waals surface area contributed by atoms with Gasteiger partial charge in [0.2, 0.25) is 5.91 Å². The summed E-state index contributed by atoms with van der Waals surface area (Å²) in [5.41, 5.74) is 3.61. The minimum Gasteiger partial charge on any atom is -0.368 e. The summed E-state index contributed by atoms with van der Waals surface area (Å²) in [5, 5.41) is 2.85. The van der Waals surface area contributed by atoms with Crippen LogP contribution in [-0.2, 0) is 11.2 Å². The molecule has 1 amide bonds. The minimum atomic E-state index is -0.00945. The molecule has 18 heavy (non-hydrogen) atoms. The van der Waals surface area contributed by atoms with Gasteiger partial charge in [0, 0.05) is 30.9 Å². The maximum absolute atomic E-state index is 11.1. The average Bonchev–Trinajstić information content (AvgIpc) is 2.73. The summed E-state index contributed by atoms with van der Waals surface area (Å²) in [6.07, 6.45) is 3.45. The molecule has 0 spiro atoms. The van der Waals surface area contributed by atoms with Crippen LogP contribution in [0.4, 0.5) is 11.4 Å². The van der Waals surface area contributed by atoms with Gasteiger partial charge >= 0.3 is 0 Å². The smallest absolute Gasteiger partial charge is 0.221 e. The van der Waals surface area contributed by atoms with E-state index in [1.165, 1.54) is 24.1 Å². The van der Waals surface area contributed by atoms with Gasteiger partial charge in [-0.25, -0.2) is 0 Å². The zero-order valence-corrected chi connectivity index (χ0v) is 11.5. The van der Waals surface area contributed by atoms with Crippen LogP contribution in [0.1, 0.15) is 39.2 Å². The van der Waals surface area contributed by atoms with Crippen LogP contribution < -0.4 is 10.2 Å². The molecular weight excluding hydrogens is 224 g/mol. The average molecular weight is 246 g/mol. The quantitative estimate of drug-likeness (QED) is 0.885. The van der Waals surface area contributed by atoms with Gasteiger partial charge in [0.25, 0.3) is 0 Å². The molecule has 1 N–H and O–H groups in total. The molecule has 1 aliphatic rings. The molecule has 0 saturated heterocycles. The lowest BCUT2D eigenvalue weighted by atomic mass is 10.1. The first-order valence-corrected chi connectivity index (χ1v) is 6.82. The van der Waals surface area contributed by atoms with Crippen LogP contribution in [0.3, 0.4) is 0 Å². The maximum atomic E-state index is 11.1. The molecule has 98 valence electrons. The van der Waals surface area contributed by atoms with Crippen LogP contribution in [0.5, 0.6) is 0 Å².